The van der Waals surface area contributed by atoms with E-state index >= 15 is 0 Å². The maximum absolute atomic E-state index is 12.4. The Labute approximate surface area is 298 Å². The molecule has 0 rings (SSSR count). The molecule has 8 nitrogen and oxygen atoms in total. The van der Waals surface area contributed by atoms with Crippen LogP contribution in [0.3, 0.4) is 0 Å². The Morgan fingerprint density at radius 3 is 1.49 bits per heavy atom. The van der Waals surface area contributed by atoms with Crippen molar-refractivity contribution in [2.45, 2.75) is 168 Å². The first-order chi connectivity index (χ1) is 23.8. The molecule has 0 saturated heterocycles. The number of esters is 2. The Bertz CT molecular complexity index is 979. The monoisotopic (exact) mass is 708 g/mol. The van der Waals surface area contributed by atoms with Gasteiger partial charge in [-0.25, -0.2) is 4.57 Å². The van der Waals surface area contributed by atoms with Gasteiger partial charge in [-0.2, -0.15) is 0 Å². The van der Waals surface area contributed by atoms with Gasteiger partial charge in [-0.05, 0) is 70.6 Å². The van der Waals surface area contributed by atoms with Gasteiger partial charge in [0.1, 0.15) is 6.61 Å². The minimum atomic E-state index is -4.75. The molecular formula is C40H69O8P. The Kier molecular flexibility index (Phi) is 33.9. The number of hydrogen-bond donors (Lipinski definition) is 2. The first-order valence-electron chi connectivity index (χ1n) is 19.1. The SMILES string of the molecule is CC/C=C\C/C=C\C/C=C\C/C=C\CCCCCCCCCCC(=O)OC(COC(=O)CCCCCCC/C=C\CCC)COP(=O)(O)O. The lowest BCUT2D eigenvalue weighted by Crippen LogP contribution is -2.29. The third kappa shape index (κ3) is 38.4. The molecular weight excluding hydrogens is 639 g/mol. The van der Waals surface area contributed by atoms with Gasteiger partial charge < -0.3 is 19.3 Å². The van der Waals surface area contributed by atoms with Crippen LogP contribution in [-0.2, 0) is 28.2 Å². The quantitative estimate of drug-likeness (QED) is 0.0293. The van der Waals surface area contributed by atoms with E-state index in [-0.39, 0.29) is 19.4 Å². The van der Waals surface area contributed by atoms with Crippen molar-refractivity contribution in [3.8, 4) is 0 Å². The van der Waals surface area contributed by atoms with Crippen molar-refractivity contribution < 1.29 is 37.9 Å². The minimum Gasteiger partial charge on any atom is -0.462 e. The van der Waals surface area contributed by atoms with Gasteiger partial charge in [0, 0.05) is 12.8 Å². The molecule has 0 spiro atoms. The number of phosphoric acid groups is 1. The Morgan fingerprint density at radius 2 is 0.980 bits per heavy atom. The molecule has 0 saturated carbocycles. The Balaban J connectivity index is 3.95. The summed E-state index contributed by atoms with van der Waals surface area (Å²) in [5, 5.41) is 0. The van der Waals surface area contributed by atoms with Crippen molar-refractivity contribution in [1.29, 1.82) is 0 Å². The van der Waals surface area contributed by atoms with Crippen LogP contribution >= 0.6 is 7.82 Å². The molecule has 0 fully saturated rings. The van der Waals surface area contributed by atoms with Crippen LogP contribution in [0.2, 0.25) is 0 Å². The normalized spacial score (nSPS) is 13.1. The van der Waals surface area contributed by atoms with Crippen LogP contribution in [0.5, 0.6) is 0 Å². The van der Waals surface area contributed by atoms with Crippen LogP contribution in [-0.4, -0.2) is 41.0 Å². The van der Waals surface area contributed by atoms with E-state index in [1.165, 1.54) is 32.1 Å². The molecule has 0 aromatic carbocycles. The van der Waals surface area contributed by atoms with Crippen LogP contribution < -0.4 is 0 Å². The average molecular weight is 709 g/mol. The van der Waals surface area contributed by atoms with Gasteiger partial charge in [0.05, 0.1) is 6.61 Å². The van der Waals surface area contributed by atoms with E-state index in [9.17, 15) is 14.2 Å². The minimum absolute atomic E-state index is 0.198. The molecule has 0 aromatic heterocycles. The van der Waals surface area contributed by atoms with Gasteiger partial charge in [0.15, 0.2) is 6.10 Å². The van der Waals surface area contributed by atoms with E-state index in [0.717, 1.165) is 89.9 Å². The average Bonchev–Trinajstić information content (AvgIpc) is 3.07. The topological polar surface area (TPSA) is 119 Å². The van der Waals surface area contributed by atoms with Crippen LogP contribution in [0.15, 0.2) is 60.8 Å². The fourth-order valence-electron chi connectivity index (χ4n) is 4.95. The fourth-order valence-corrected chi connectivity index (χ4v) is 5.31. The van der Waals surface area contributed by atoms with Crippen molar-refractivity contribution in [2.24, 2.45) is 0 Å². The summed E-state index contributed by atoms with van der Waals surface area (Å²) in [7, 11) is -4.75. The van der Waals surface area contributed by atoms with Crippen molar-refractivity contribution in [3.63, 3.8) is 0 Å². The summed E-state index contributed by atoms with van der Waals surface area (Å²) in [6, 6.07) is 0. The van der Waals surface area contributed by atoms with Crippen molar-refractivity contribution in [2.75, 3.05) is 13.2 Å². The highest BCUT2D eigenvalue weighted by atomic mass is 31.2. The lowest BCUT2D eigenvalue weighted by Gasteiger charge is -2.18. The van der Waals surface area contributed by atoms with Crippen LogP contribution in [0.25, 0.3) is 0 Å². The van der Waals surface area contributed by atoms with E-state index in [0.29, 0.717) is 12.8 Å². The molecule has 0 radical (unpaired) electrons. The third-order valence-electron chi connectivity index (χ3n) is 7.75. The van der Waals surface area contributed by atoms with Crippen LogP contribution in [0, 0.1) is 0 Å². The van der Waals surface area contributed by atoms with Gasteiger partial charge in [0.25, 0.3) is 0 Å². The highest BCUT2D eigenvalue weighted by molar-refractivity contribution is 7.46. The van der Waals surface area contributed by atoms with E-state index in [1.54, 1.807) is 0 Å². The number of carbonyl (C=O) groups excluding carboxylic acids is 2. The van der Waals surface area contributed by atoms with E-state index in [4.69, 9.17) is 19.3 Å². The summed E-state index contributed by atoms with van der Waals surface area (Å²) in [6.45, 7) is 3.47. The predicted molar refractivity (Wildman–Crippen MR) is 202 cm³/mol. The Hall–Kier alpha value is -2.25. The van der Waals surface area contributed by atoms with Crippen molar-refractivity contribution >= 4 is 19.8 Å². The van der Waals surface area contributed by atoms with Gasteiger partial charge in [-0.1, -0.05) is 139 Å². The first kappa shape index (κ1) is 46.8. The molecule has 0 aliphatic carbocycles. The summed E-state index contributed by atoms with van der Waals surface area (Å²) in [5.41, 5.74) is 0. The molecule has 0 bridgehead atoms. The van der Waals surface area contributed by atoms with Gasteiger partial charge >= 0.3 is 19.8 Å². The third-order valence-corrected chi connectivity index (χ3v) is 8.24. The number of allylic oxidation sites excluding steroid dienone is 10. The summed E-state index contributed by atoms with van der Waals surface area (Å²) in [4.78, 5) is 42.6. The highest BCUT2D eigenvalue weighted by Gasteiger charge is 2.22. The number of carbonyl (C=O) groups is 2. The molecule has 2 N–H and O–H groups in total. The second-order valence-corrected chi connectivity index (χ2v) is 13.8. The molecule has 9 heteroatoms. The lowest BCUT2D eigenvalue weighted by molar-refractivity contribution is -0.161. The summed E-state index contributed by atoms with van der Waals surface area (Å²) < 4.78 is 26.3. The second kappa shape index (κ2) is 35.6. The fraction of sp³-hybridized carbons (Fsp3) is 0.700. The number of phosphoric ester groups is 1. The second-order valence-electron chi connectivity index (χ2n) is 12.5. The molecule has 0 aliphatic heterocycles. The zero-order chi connectivity index (χ0) is 36.1. The van der Waals surface area contributed by atoms with E-state index in [2.05, 4.69) is 79.1 Å². The zero-order valence-electron chi connectivity index (χ0n) is 30.8. The largest absolute Gasteiger partial charge is 0.469 e. The summed E-state index contributed by atoms with van der Waals surface area (Å²) in [5.74, 6) is -0.912. The lowest BCUT2D eigenvalue weighted by atomic mass is 10.1. The van der Waals surface area contributed by atoms with Gasteiger partial charge in [-0.15, -0.1) is 0 Å². The van der Waals surface area contributed by atoms with Gasteiger partial charge in [0.2, 0.25) is 0 Å². The molecule has 282 valence electrons. The van der Waals surface area contributed by atoms with Crippen LogP contribution in [0.1, 0.15) is 162 Å². The van der Waals surface area contributed by atoms with E-state index in [1.807, 2.05) is 0 Å². The maximum atomic E-state index is 12.4. The summed E-state index contributed by atoms with van der Waals surface area (Å²) in [6.07, 6.45) is 43.8. The van der Waals surface area contributed by atoms with Crippen molar-refractivity contribution in [1.82, 2.24) is 0 Å². The number of rotatable bonds is 34. The highest BCUT2D eigenvalue weighted by Crippen LogP contribution is 2.36. The first-order valence-corrected chi connectivity index (χ1v) is 20.6. The Morgan fingerprint density at radius 1 is 0.551 bits per heavy atom. The molecule has 1 unspecified atom stereocenters. The molecule has 0 aliphatic rings. The standard InChI is InChI=1S/C40H69O8P/c1-3-5-7-9-11-13-15-16-17-18-19-20-21-22-23-24-25-27-29-31-33-35-40(42)48-38(37-47-49(43,44)45)36-46-39(41)34-32-30-28-26-14-12-10-8-6-4-2/h5,7-8,10-11,13,16-17,19-20,38H,3-4,6,9,12,14-15,18,21-37H2,1-2H3,(H2,43,44,45)/b7-5-,10-8-,13-11-,17-16-,20-19-. The number of hydrogen-bond acceptors (Lipinski definition) is 6. The smallest absolute Gasteiger partial charge is 0.462 e. The molecule has 0 heterocycles. The molecule has 0 aromatic rings. The molecule has 0 amide bonds. The molecule has 1 atom stereocenters. The maximum Gasteiger partial charge on any atom is 0.469 e. The zero-order valence-corrected chi connectivity index (χ0v) is 31.7. The van der Waals surface area contributed by atoms with Crippen LogP contribution in [0.4, 0.5) is 0 Å². The van der Waals surface area contributed by atoms with Crippen molar-refractivity contribution in [3.05, 3.63) is 60.8 Å². The molecule has 49 heavy (non-hydrogen) atoms. The number of ether oxygens (including phenoxy) is 2. The predicted octanol–water partition coefficient (Wildman–Crippen LogP) is 11.3. The summed E-state index contributed by atoms with van der Waals surface area (Å²) >= 11 is 0. The van der Waals surface area contributed by atoms with E-state index < -0.39 is 32.5 Å². The number of unbranched alkanes of at least 4 members (excludes halogenated alkanes) is 14. The van der Waals surface area contributed by atoms with Gasteiger partial charge in [-0.3, -0.25) is 14.1 Å².